The van der Waals surface area contributed by atoms with E-state index in [1.165, 1.54) is 6.92 Å². The van der Waals surface area contributed by atoms with Gasteiger partial charge in [-0.05, 0) is 44.0 Å². The van der Waals surface area contributed by atoms with Crippen molar-refractivity contribution in [2.75, 3.05) is 0 Å². The van der Waals surface area contributed by atoms with Crippen LogP contribution in [0.25, 0.3) is 5.69 Å². The van der Waals surface area contributed by atoms with Crippen LogP contribution in [0.1, 0.15) is 22.4 Å². The highest BCUT2D eigenvalue weighted by atomic mass is 35.5. The Morgan fingerprint density at radius 3 is 2.00 bits per heavy atom. The van der Waals surface area contributed by atoms with E-state index in [2.05, 4.69) is 5.10 Å². The van der Waals surface area contributed by atoms with Gasteiger partial charge in [-0.2, -0.15) is 18.3 Å². The number of benzene rings is 1. The third-order valence-electron chi connectivity index (χ3n) is 2.77. The van der Waals surface area contributed by atoms with Gasteiger partial charge < -0.3 is 0 Å². The smallest absolute Gasteiger partial charge is 0.221 e. The molecule has 0 saturated heterocycles. The van der Waals surface area contributed by atoms with Crippen molar-refractivity contribution in [3.05, 3.63) is 45.7 Å². The summed E-state index contributed by atoms with van der Waals surface area (Å²) in [7, 11) is 0. The van der Waals surface area contributed by atoms with Crippen molar-refractivity contribution in [3.8, 4) is 5.69 Å². The van der Waals surface area contributed by atoms with Gasteiger partial charge in [-0.1, -0.05) is 17.7 Å². The summed E-state index contributed by atoms with van der Waals surface area (Å²) < 4.78 is 39.5. The fourth-order valence-corrected chi connectivity index (χ4v) is 2.21. The lowest BCUT2D eigenvalue weighted by atomic mass is 10.1. The Hall–Kier alpha value is -1.49. The van der Waals surface area contributed by atoms with Crippen LogP contribution in [0.4, 0.5) is 13.2 Å². The van der Waals surface area contributed by atoms with Crippen LogP contribution in [0.5, 0.6) is 0 Å². The van der Waals surface area contributed by atoms with E-state index in [0.717, 1.165) is 15.8 Å². The van der Waals surface area contributed by atoms with E-state index in [0.29, 0.717) is 5.69 Å². The molecule has 1 heterocycles. The quantitative estimate of drug-likeness (QED) is 0.757. The van der Waals surface area contributed by atoms with E-state index in [1.54, 1.807) is 12.1 Å². The molecule has 6 heteroatoms. The van der Waals surface area contributed by atoms with Crippen molar-refractivity contribution in [2.45, 2.75) is 26.9 Å². The lowest BCUT2D eigenvalue weighted by molar-refractivity contribution is -0.141. The maximum atomic E-state index is 12.8. The molecule has 0 bridgehead atoms. The van der Waals surface area contributed by atoms with Crippen LogP contribution in [-0.4, -0.2) is 9.78 Å². The Morgan fingerprint density at radius 2 is 1.58 bits per heavy atom. The molecule has 2 aromatic rings. The van der Waals surface area contributed by atoms with Crippen LogP contribution in [0.2, 0.25) is 5.15 Å². The molecular weight excluding hydrogens is 277 g/mol. The predicted octanol–water partition coefficient (Wildman–Crippen LogP) is 4.47. The van der Waals surface area contributed by atoms with Crippen molar-refractivity contribution in [1.82, 2.24) is 9.78 Å². The summed E-state index contributed by atoms with van der Waals surface area (Å²) in [6.45, 7) is 5.05. The first-order valence-corrected chi connectivity index (χ1v) is 5.99. The predicted molar refractivity (Wildman–Crippen MR) is 67.8 cm³/mol. The molecule has 0 aliphatic carbocycles. The number of hydrogen-bond donors (Lipinski definition) is 0. The number of aromatic nitrogens is 2. The fourth-order valence-electron chi connectivity index (χ4n) is 1.99. The molecule has 0 atom stereocenters. The minimum Gasteiger partial charge on any atom is -0.221 e. The second-order valence-electron chi connectivity index (χ2n) is 4.52. The number of hydrogen-bond acceptors (Lipinski definition) is 1. The zero-order chi connectivity index (χ0) is 14.4. The van der Waals surface area contributed by atoms with Crippen molar-refractivity contribution in [2.24, 2.45) is 0 Å². The molecule has 0 fully saturated rings. The highest BCUT2D eigenvalue weighted by Gasteiger charge is 2.37. The third-order valence-corrected chi connectivity index (χ3v) is 3.21. The minimum atomic E-state index is -4.50. The van der Waals surface area contributed by atoms with Crippen LogP contribution >= 0.6 is 11.6 Å². The summed E-state index contributed by atoms with van der Waals surface area (Å²) in [4.78, 5) is 0. The largest absolute Gasteiger partial charge is 0.435 e. The summed E-state index contributed by atoms with van der Waals surface area (Å²) >= 11 is 5.96. The van der Waals surface area contributed by atoms with E-state index in [-0.39, 0.29) is 10.7 Å². The van der Waals surface area contributed by atoms with E-state index in [1.807, 2.05) is 19.9 Å². The Kier molecular flexibility index (Phi) is 3.34. The molecule has 1 aromatic heterocycles. The molecule has 0 spiro atoms. The normalized spacial score (nSPS) is 11.9. The minimum absolute atomic E-state index is 0.0164. The van der Waals surface area contributed by atoms with Crippen molar-refractivity contribution in [3.63, 3.8) is 0 Å². The molecular formula is C13H12ClF3N2. The monoisotopic (exact) mass is 288 g/mol. The highest BCUT2D eigenvalue weighted by molar-refractivity contribution is 6.30. The number of aryl methyl sites for hydroxylation is 2. The van der Waals surface area contributed by atoms with Gasteiger partial charge in [0.1, 0.15) is 5.15 Å². The Morgan fingerprint density at radius 1 is 1.05 bits per heavy atom. The van der Waals surface area contributed by atoms with Gasteiger partial charge in [0.15, 0.2) is 5.69 Å². The first kappa shape index (κ1) is 13.9. The molecule has 0 radical (unpaired) electrons. The second kappa shape index (κ2) is 4.56. The Labute approximate surface area is 113 Å². The standard InChI is InChI=1S/C13H12ClF3N2/c1-7-4-8(2)6-10(5-7)19-12(14)9(3)11(18-19)13(15,16)17/h4-6H,1-3H3. The summed E-state index contributed by atoms with van der Waals surface area (Å²) in [5, 5.41) is 3.58. The van der Waals surface area contributed by atoms with Gasteiger partial charge in [0.05, 0.1) is 5.69 Å². The first-order valence-electron chi connectivity index (χ1n) is 5.61. The molecule has 102 valence electrons. The van der Waals surface area contributed by atoms with Gasteiger partial charge in [-0.3, -0.25) is 0 Å². The van der Waals surface area contributed by atoms with Crippen molar-refractivity contribution in [1.29, 1.82) is 0 Å². The maximum Gasteiger partial charge on any atom is 0.435 e. The number of alkyl halides is 3. The van der Waals surface area contributed by atoms with Gasteiger partial charge in [0.25, 0.3) is 0 Å². The van der Waals surface area contributed by atoms with Crippen molar-refractivity contribution >= 4 is 11.6 Å². The maximum absolute atomic E-state index is 12.8. The third kappa shape index (κ3) is 2.61. The van der Waals surface area contributed by atoms with E-state index >= 15 is 0 Å². The topological polar surface area (TPSA) is 17.8 Å². The fraction of sp³-hybridized carbons (Fsp3) is 0.308. The summed E-state index contributed by atoms with van der Waals surface area (Å²) in [5.41, 5.74) is 1.40. The lowest BCUT2D eigenvalue weighted by Crippen LogP contribution is -2.08. The van der Waals surface area contributed by atoms with Gasteiger partial charge in [-0.15, -0.1) is 0 Å². The lowest BCUT2D eigenvalue weighted by Gasteiger charge is -2.06. The average molecular weight is 289 g/mol. The number of nitrogens with zero attached hydrogens (tertiary/aromatic N) is 2. The molecule has 19 heavy (non-hydrogen) atoms. The van der Waals surface area contributed by atoms with Crippen LogP contribution < -0.4 is 0 Å². The van der Waals surface area contributed by atoms with Crippen molar-refractivity contribution < 1.29 is 13.2 Å². The summed E-state index contributed by atoms with van der Waals surface area (Å²) in [6.07, 6.45) is -4.50. The van der Waals surface area contributed by atoms with E-state index < -0.39 is 11.9 Å². The average Bonchev–Trinajstić information content (AvgIpc) is 2.54. The van der Waals surface area contributed by atoms with Gasteiger partial charge in [0, 0.05) is 5.56 Å². The molecule has 0 aliphatic heterocycles. The Balaban J connectivity index is 2.64. The zero-order valence-corrected chi connectivity index (χ0v) is 11.4. The molecule has 0 unspecified atom stereocenters. The number of halogens is 4. The summed E-state index contributed by atoms with van der Waals surface area (Å²) in [6, 6.07) is 5.41. The highest BCUT2D eigenvalue weighted by Crippen LogP contribution is 2.35. The summed E-state index contributed by atoms with van der Waals surface area (Å²) in [5.74, 6) is 0. The van der Waals surface area contributed by atoms with Crippen LogP contribution in [0, 0.1) is 20.8 Å². The van der Waals surface area contributed by atoms with Crippen LogP contribution in [0.15, 0.2) is 18.2 Å². The van der Waals surface area contributed by atoms with E-state index in [4.69, 9.17) is 11.6 Å². The SMILES string of the molecule is Cc1cc(C)cc(-n2nc(C(F)(F)F)c(C)c2Cl)c1. The van der Waals surface area contributed by atoms with Crippen LogP contribution in [-0.2, 0) is 6.18 Å². The van der Waals surface area contributed by atoms with Gasteiger partial charge in [-0.25, -0.2) is 4.68 Å². The first-order chi connectivity index (χ1) is 8.70. The molecule has 0 N–H and O–H groups in total. The van der Waals surface area contributed by atoms with Crippen LogP contribution in [0.3, 0.4) is 0 Å². The van der Waals surface area contributed by atoms with Gasteiger partial charge in [0.2, 0.25) is 0 Å². The number of rotatable bonds is 1. The zero-order valence-electron chi connectivity index (χ0n) is 10.6. The molecule has 0 aliphatic rings. The van der Waals surface area contributed by atoms with Gasteiger partial charge >= 0.3 is 6.18 Å². The molecule has 2 rings (SSSR count). The second-order valence-corrected chi connectivity index (χ2v) is 4.88. The molecule has 1 aromatic carbocycles. The van der Waals surface area contributed by atoms with E-state index in [9.17, 15) is 13.2 Å². The molecule has 2 nitrogen and oxygen atoms in total. The molecule has 0 amide bonds. The Bertz CT molecular complexity index is 609. The molecule has 0 saturated carbocycles.